The minimum Gasteiger partial charge on any atom is -0.264 e. The predicted molar refractivity (Wildman–Crippen MR) is 152 cm³/mol. The standard InChI is InChI=1S/C35H25N/c1-22-19-25(27-9-6-18-36-21-27)14-16-28(22)29-17-15-26(20-23(29)2)30-10-5-12-32-31-11-3-7-24-8-4-13-33(34(24)31)35(30)32/h3-21H,1-2H3. The molecule has 1 heterocycles. The first-order chi connectivity index (χ1) is 17.7. The normalized spacial score (nSPS) is 11.6. The van der Waals surface area contributed by atoms with Crippen molar-refractivity contribution in [2.45, 2.75) is 13.8 Å². The maximum atomic E-state index is 4.27. The van der Waals surface area contributed by atoms with E-state index in [1.165, 1.54) is 72.0 Å². The zero-order valence-electron chi connectivity index (χ0n) is 20.4. The summed E-state index contributed by atoms with van der Waals surface area (Å²) in [5.74, 6) is 0. The van der Waals surface area contributed by atoms with Gasteiger partial charge in [0.1, 0.15) is 0 Å². The topological polar surface area (TPSA) is 12.9 Å². The third kappa shape index (κ3) is 3.13. The van der Waals surface area contributed by atoms with Gasteiger partial charge in [-0.15, -0.1) is 0 Å². The van der Waals surface area contributed by atoms with E-state index >= 15 is 0 Å². The maximum Gasteiger partial charge on any atom is 0.0346 e. The molecule has 1 aromatic heterocycles. The lowest BCUT2D eigenvalue weighted by molar-refractivity contribution is 1.32. The Morgan fingerprint density at radius 2 is 1.11 bits per heavy atom. The van der Waals surface area contributed by atoms with Gasteiger partial charge in [-0.2, -0.15) is 0 Å². The SMILES string of the molecule is Cc1cc(-c2cccnc2)ccc1-c1ccc(-c2cccc3c2-c2cccc4cccc-3c24)cc1C. The molecule has 0 spiro atoms. The molecule has 0 atom stereocenters. The van der Waals surface area contributed by atoms with E-state index in [-0.39, 0.29) is 0 Å². The van der Waals surface area contributed by atoms with Gasteiger partial charge in [0.05, 0.1) is 0 Å². The van der Waals surface area contributed by atoms with Crippen molar-refractivity contribution in [1.29, 1.82) is 0 Å². The third-order valence-electron chi connectivity index (χ3n) is 7.58. The van der Waals surface area contributed by atoms with Crippen molar-refractivity contribution < 1.29 is 0 Å². The average Bonchev–Trinajstić information content (AvgIpc) is 3.25. The Balaban J connectivity index is 1.32. The van der Waals surface area contributed by atoms with Crippen LogP contribution in [-0.4, -0.2) is 4.98 Å². The highest BCUT2D eigenvalue weighted by molar-refractivity contribution is 6.18. The second kappa shape index (κ2) is 8.03. The number of hydrogen-bond acceptors (Lipinski definition) is 1. The second-order valence-electron chi connectivity index (χ2n) is 9.74. The first kappa shape index (κ1) is 20.8. The summed E-state index contributed by atoms with van der Waals surface area (Å²) >= 11 is 0. The summed E-state index contributed by atoms with van der Waals surface area (Å²) in [5, 5.41) is 2.68. The molecule has 0 bridgehead atoms. The number of benzene rings is 5. The summed E-state index contributed by atoms with van der Waals surface area (Å²) in [6.07, 6.45) is 3.74. The molecule has 0 saturated heterocycles. The van der Waals surface area contributed by atoms with Crippen molar-refractivity contribution >= 4 is 10.8 Å². The number of nitrogens with zero attached hydrogens (tertiary/aromatic N) is 1. The van der Waals surface area contributed by atoms with E-state index in [2.05, 4.69) is 116 Å². The van der Waals surface area contributed by atoms with Gasteiger partial charge in [-0.3, -0.25) is 4.98 Å². The summed E-state index contributed by atoms with van der Waals surface area (Å²) in [6.45, 7) is 4.43. The van der Waals surface area contributed by atoms with Crippen molar-refractivity contribution in [2.75, 3.05) is 0 Å². The van der Waals surface area contributed by atoms with Gasteiger partial charge in [-0.25, -0.2) is 0 Å². The molecule has 170 valence electrons. The van der Waals surface area contributed by atoms with E-state index in [0.717, 1.165) is 5.56 Å². The zero-order valence-corrected chi connectivity index (χ0v) is 20.4. The summed E-state index contributed by atoms with van der Waals surface area (Å²) in [7, 11) is 0. The van der Waals surface area contributed by atoms with E-state index in [4.69, 9.17) is 0 Å². The smallest absolute Gasteiger partial charge is 0.0346 e. The lowest BCUT2D eigenvalue weighted by Crippen LogP contribution is -1.91. The van der Waals surface area contributed by atoms with Gasteiger partial charge in [0, 0.05) is 12.4 Å². The molecule has 0 saturated carbocycles. The van der Waals surface area contributed by atoms with Crippen molar-refractivity contribution in [1.82, 2.24) is 4.98 Å². The Hall–Kier alpha value is -4.49. The van der Waals surface area contributed by atoms with Gasteiger partial charge in [0.15, 0.2) is 0 Å². The number of hydrogen-bond donors (Lipinski definition) is 0. The minimum atomic E-state index is 1.15. The molecule has 0 N–H and O–H groups in total. The first-order valence-electron chi connectivity index (χ1n) is 12.5. The number of aromatic nitrogens is 1. The van der Waals surface area contributed by atoms with Crippen LogP contribution in [0.15, 0.2) is 116 Å². The largest absolute Gasteiger partial charge is 0.264 e. The fraction of sp³-hybridized carbons (Fsp3) is 0.0571. The van der Waals surface area contributed by atoms with E-state index in [1.807, 2.05) is 18.5 Å². The molecular weight excluding hydrogens is 434 g/mol. The number of rotatable bonds is 3. The molecule has 0 radical (unpaired) electrons. The van der Waals surface area contributed by atoms with Gasteiger partial charge >= 0.3 is 0 Å². The van der Waals surface area contributed by atoms with Crippen LogP contribution in [0.3, 0.4) is 0 Å². The molecule has 6 aromatic rings. The molecule has 0 aliphatic heterocycles. The fourth-order valence-corrected chi connectivity index (χ4v) is 5.89. The molecule has 1 heteroatoms. The van der Waals surface area contributed by atoms with Crippen LogP contribution < -0.4 is 0 Å². The number of pyridine rings is 1. The van der Waals surface area contributed by atoms with Gasteiger partial charge in [0.25, 0.3) is 0 Å². The van der Waals surface area contributed by atoms with Crippen LogP contribution in [0.2, 0.25) is 0 Å². The molecular formula is C35H25N. The highest BCUT2D eigenvalue weighted by atomic mass is 14.6. The first-order valence-corrected chi connectivity index (χ1v) is 12.5. The molecule has 0 amide bonds. The molecule has 0 fully saturated rings. The summed E-state index contributed by atoms with van der Waals surface area (Å²) < 4.78 is 0. The van der Waals surface area contributed by atoms with Crippen molar-refractivity contribution in [2.24, 2.45) is 0 Å². The van der Waals surface area contributed by atoms with Crippen LogP contribution in [-0.2, 0) is 0 Å². The molecule has 1 nitrogen and oxygen atoms in total. The summed E-state index contributed by atoms with van der Waals surface area (Å²) in [6, 6.07) is 37.8. The van der Waals surface area contributed by atoms with E-state index in [0.29, 0.717) is 0 Å². The third-order valence-corrected chi connectivity index (χ3v) is 7.58. The van der Waals surface area contributed by atoms with Crippen molar-refractivity contribution in [3.05, 3.63) is 127 Å². The molecule has 7 rings (SSSR count). The lowest BCUT2D eigenvalue weighted by atomic mass is 9.89. The quantitative estimate of drug-likeness (QED) is 0.256. The minimum absolute atomic E-state index is 1.15. The van der Waals surface area contributed by atoms with Gasteiger partial charge in [0.2, 0.25) is 0 Å². The molecule has 36 heavy (non-hydrogen) atoms. The highest BCUT2D eigenvalue weighted by Gasteiger charge is 2.24. The highest BCUT2D eigenvalue weighted by Crippen LogP contribution is 2.51. The molecule has 0 unspecified atom stereocenters. The maximum absolute atomic E-state index is 4.27. The van der Waals surface area contributed by atoms with E-state index in [1.54, 1.807) is 0 Å². The van der Waals surface area contributed by atoms with E-state index in [9.17, 15) is 0 Å². The Bertz CT molecular complexity index is 1790. The van der Waals surface area contributed by atoms with Crippen LogP contribution in [0, 0.1) is 13.8 Å². The fourth-order valence-electron chi connectivity index (χ4n) is 5.89. The van der Waals surface area contributed by atoms with Gasteiger partial charge < -0.3 is 0 Å². The van der Waals surface area contributed by atoms with Crippen molar-refractivity contribution in [3.8, 4) is 55.6 Å². The van der Waals surface area contributed by atoms with Crippen LogP contribution >= 0.6 is 0 Å². The van der Waals surface area contributed by atoms with Crippen LogP contribution in [0.25, 0.3) is 66.4 Å². The predicted octanol–water partition coefficient (Wildman–Crippen LogP) is 9.50. The lowest BCUT2D eigenvalue weighted by Gasteiger charge is -2.15. The average molecular weight is 460 g/mol. The monoisotopic (exact) mass is 459 g/mol. The van der Waals surface area contributed by atoms with Gasteiger partial charge in [-0.05, 0) is 97.4 Å². The Kier molecular flexibility index (Phi) is 4.65. The zero-order chi connectivity index (χ0) is 24.2. The second-order valence-corrected chi connectivity index (χ2v) is 9.74. The van der Waals surface area contributed by atoms with E-state index < -0.39 is 0 Å². The van der Waals surface area contributed by atoms with Gasteiger partial charge in [-0.1, -0.05) is 97.1 Å². The Morgan fingerprint density at radius 3 is 1.83 bits per heavy atom. The Morgan fingerprint density at radius 1 is 0.472 bits per heavy atom. The van der Waals surface area contributed by atoms with Crippen LogP contribution in [0.4, 0.5) is 0 Å². The number of fused-ring (bicyclic) bond motifs is 3. The van der Waals surface area contributed by atoms with Crippen LogP contribution in [0.1, 0.15) is 11.1 Å². The Labute approximate surface area is 211 Å². The molecule has 5 aromatic carbocycles. The molecule has 1 aliphatic rings. The molecule has 1 aliphatic carbocycles. The summed E-state index contributed by atoms with van der Waals surface area (Å²) in [5.41, 5.74) is 15.4. The van der Waals surface area contributed by atoms with Crippen LogP contribution in [0.5, 0.6) is 0 Å². The van der Waals surface area contributed by atoms with Crippen molar-refractivity contribution in [3.63, 3.8) is 0 Å². The summed E-state index contributed by atoms with van der Waals surface area (Å²) in [4.78, 5) is 4.27. The number of aryl methyl sites for hydroxylation is 2.